The molecule has 0 saturated carbocycles. The number of carbonyl (C=O) groups excluding carboxylic acids is 1. The fourth-order valence-corrected chi connectivity index (χ4v) is 4.51. The summed E-state index contributed by atoms with van der Waals surface area (Å²) < 4.78 is 33.0. The second-order valence-electron chi connectivity index (χ2n) is 7.53. The number of carbonyl (C=O) groups is 1. The summed E-state index contributed by atoms with van der Waals surface area (Å²) in [5.74, 6) is -0.288. The van der Waals surface area contributed by atoms with E-state index < -0.39 is 22.5 Å². The zero-order chi connectivity index (χ0) is 24.6. The number of phenolic OH excluding ortho intramolecular Hbond substituents is 1. The molecule has 2 N–H and O–H groups in total. The quantitative estimate of drug-likeness (QED) is 0.341. The summed E-state index contributed by atoms with van der Waals surface area (Å²) >= 11 is 0. The van der Waals surface area contributed by atoms with Crippen molar-refractivity contribution in [2.24, 2.45) is 5.10 Å². The van der Waals surface area contributed by atoms with E-state index in [-0.39, 0.29) is 17.2 Å². The van der Waals surface area contributed by atoms with Gasteiger partial charge in [0.2, 0.25) is 10.0 Å². The Morgan fingerprint density at radius 2 is 1.79 bits per heavy atom. The van der Waals surface area contributed by atoms with Gasteiger partial charge in [-0.3, -0.25) is 4.79 Å². The molecule has 8 nitrogen and oxygen atoms in total. The maximum Gasteiger partial charge on any atom is 0.255 e. The molecule has 0 aliphatic heterocycles. The molecule has 0 aliphatic carbocycles. The fraction of sp³-hybridized carbons (Fsp3) is 0.200. The molecule has 3 aromatic carbocycles. The van der Waals surface area contributed by atoms with Crippen LogP contribution < -0.4 is 10.2 Å². The van der Waals surface area contributed by atoms with Crippen molar-refractivity contribution < 1.29 is 23.1 Å². The normalized spacial score (nSPS) is 11.6. The summed E-state index contributed by atoms with van der Waals surface area (Å²) in [6.07, 6.45) is 1.38. The van der Waals surface area contributed by atoms with E-state index in [2.05, 4.69) is 10.5 Å². The van der Waals surface area contributed by atoms with E-state index in [4.69, 9.17) is 4.74 Å². The molecule has 3 aromatic rings. The topological polar surface area (TPSA) is 108 Å². The molecule has 0 atom stereocenters. The predicted molar refractivity (Wildman–Crippen MR) is 130 cm³/mol. The number of nitrogens with one attached hydrogen (secondary N) is 1. The van der Waals surface area contributed by atoms with Gasteiger partial charge in [0.1, 0.15) is 0 Å². The molecule has 9 heteroatoms. The van der Waals surface area contributed by atoms with Gasteiger partial charge >= 0.3 is 0 Å². The van der Waals surface area contributed by atoms with Crippen molar-refractivity contribution >= 4 is 22.1 Å². The molecular formula is C25H27N3O5S. The number of aryl methyl sites for hydroxylation is 1. The van der Waals surface area contributed by atoms with Crippen molar-refractivity contribution in [3.8, 4) is 11.5 Å². The first-order valence-electron chi connectivity index (χ1n) is 10.7. The van der Waals surface area contributed by atoms with Crippen LogP contribution in [-0.4, -0.2) is 43.1 Å². The summed E-state index contributed by atoms with van der Waals surface area (Å²) in [5, 5.41) is 13.7. The van der Waals surface area contributed by atoms with Gasteiger partial charge in [-0.1, -0.05) is 48.0 Å². The van der Waals surface area contributed by atoms with Gasteiger partial charge in [-0.2, -0.15) is 9.41 Å². The Kier molecular flexibility index (Phi) is 8.39. The summed E-state index contributed by atoms with van der Waals surface area (Å²) in [5.41, 5.74) is 4.64. The molecule has 0 radical (unpaired) electrons. The SMILES string of the molecule is CCOc1cc(C=NNC(=O)CN(Cc2ccccc2)S(=O)(=O)c2ccc(C)cc2)ccc1O. The highest BCUT2D eigenvalue weighted by atomic mass is 32.2. The number of hydrazone groups is 1. The largest absolute Gasteiger partial charge is 0.504 e. The summed E-state index contributed by atoms with van der Waals surface area (Å²) in [6, 6.07) is 20.2. The number of rotatable bonds is 10. The molecule has 0 aromatic heterocycles. The zero-order valence-corrected chi connectivity index (χ0v) is 19.8. The zero-order valence-electron chi connectivity index (χ0n) is 19.0. The van der Waals surface area contributed by atoms with Crippen LogP contribution in [-0.2, 0) is 21.4 Å². The van der Waals surface area contributed by atoms with Crippen molar-refractivity contribution in [2.75, 3.05) is 13.2 Å². The number of sulfonamides is 1. The van der Waals surface area contributed by atoms with Crippen molar-refractivity contribution in [1.82, 2.24) is 9.73 Å². The minimum atomic E-state index is -3.93. The summed E-state index contributed by atoms with van der Waals surface area (Å²) in [7, 11) is -3.93. The third-order valence-corrected chi connectivity index (χ3v) is 6.67. The molecule has 0 aliphatic rings. The van der Waals surface area contributed by atoms with Crippen LogP contribution in [0.4, 0.5) is 0 Å². The number of phenols is 1. The molecule has 34 heavy (non-hydrogen) atoms. The van der Waals surface area contributed by atoms with Crippen LogP contribution >= 0.6 is 0 Å². The Morgan fingerprint density at radius 1 is 1.09 bits per heavy atom. The standard InChI is InChI=1S/C25H27N3O5S/c1-3-33-24-15-21(11-14-23(24)29)16-26-27-25(30)18-28(17-20-7-5-4-6-8-20)34(31,32)22-12-9-19(2)10-13-22/h4-16,29H,3,17-18H2,1-2H3,(H,27,30). The molecule has 0 unspecified atom stereocenters. The molecule has 0 saturated heterocycles. The number of hydrogen-bond acceptors (Lipinski definition) is 6. The smallest absolute Gasteiger partial charge is 0.255 e. The molecule has 1 amide bonds. The third-order valence-electron chi connectivity index (χ3n) is 4.87. The first kappa shape index (κ1) is 24.9. The van der Waals surface area contributed by atoms with Crippen molar-refractivity contribution in [2.45, 2.75) is 25.3 Å². The average molecular weight is 482 g/mol. The lowest BCUT2D eigenvalue weighted by Crippen LogP contribution is -2.39. The maximum atomic E-state index is 13.3. The molecule has 0 spiro atoms. The molecule has 178 valence electrons. The minimum Gasteiger partial charge on any atom is -0.504 e. The third kappa shape index (κ3) is 6.66. The predicted octanol–water partition coefficient (Wildman–Crippen LogP) is 3.44. The van der Waals surface area contributed by atoms with Crippen LogP contribution in [0.3, 0.4) is 0 Å². The van der Waals surface area contributed by atoms with Crippen molar-refractivity contribution in [3.05, 3.63) is 89.5 Å². The minimum absolute atomic E-state index is 0.000835. The Morgan fingerprint density at radius 3 is 2.47 bits per heavy atom. The molecular weight excluding hydrogens is 454 g/mol. The first-order chi connectivity index (χ1) is 16.3. The van der Waals surface area contributed by atoms with Crippen LogP contribution in [0.5, 0.6) is 11.5 Å². The van der Waals surface area contributed by atoms with Gasteiger partial charge in [0.15, 0.2) is 11.5 Å². The van der Waals surface area contributed by atoms with E-state index in [1.165, 1.54) is 24.4 Å². The van der Waals surface area contributed by atoms with Gasteiger partial charge in [0, 0.05) is 6.54 Å². The Bertz CT molecular complexity index is 1240. The van der Waals surface area contributed by atoms with Crippen molar-refractivity contribution in [1.29, 1.82) is 0 Å². The fourth-order valence-electron chi connectivity index (χ4n) is 3.13. The van der Waals surface area contributed by atoms with Gasteiger partial charge in [-0.25, -0.2) is 13.8 Å². The number of amides is 1. The highest BCUT2D eigenvalue weighted by Gasteiger charge is 2.26. The van der Waals surface area contributed by atoms with E-state index in [0.717, 1.165) is 15.4 Å². The highest BCUT2D eigenvalue weighted by Crippen LogP contribution is 2.26. The molecule has 0 fully saturated rings. The van der Waals surface area contributed by atoms with E-state index in [9.17, 15) is 18.3 Å². The highest BCUT2D eigenvalue weighted by molar-refractivity contribution is 7.89. The van der Waals surface area contributed by atoms with Crippen LogP contribution in [0, 0.1) is 6.92 Å². The maximum absolute atomic E-state index is 13.3. The Labute approximate surface area is 199 Å². The summed E-state index contributed by atoms with van der Waals surface area (Å²) in [4.78, 5) is 12.7. The lowest BCUT2D eigenvalue weighted by atomic mass is 10.2. The Balaban J connectivity index is 1.75. The lowest BCUT2D eigenvalue weighted by Gasteiger charge is -2.21. The van der Waals surface area contributed by atoms with E-state index in [1.807, 2.05) is 25.1 Å². The number of ether oxygens (including phenoxy) is 1. The molecule has 3 rings (SSSR count). The summed E-state index contributed by atoms with van der Waals surface area (Å²) in [6.45, 7) is 3.67. The van der Waals surface area contributed by atoms with Gasteiger partial charge in [-0.15, -0.1) is 0 Å². The number of aromatic hydroxyl groups is 1. The average Bonchev–Trinajstić information content (AvgIpc) is 2.82. The second kappa shape index (κ2) is 11.4. The van der Waals surface area contributed by atoms with Crippen molar-refractivity contribution in [3.63, 3.8) is 0 Å². The second-order valence-corrected chi connectivity index (χ2v) is 9.46. The van der Waals surface area contributed by atoms with E-state index in [0.29, 0.717) is 17.9 Å². The van der Waals surface area contributed by atoms with E-state index >= 15 is 0 Å². The Hall–Kier alpha value is -3.69. The van der Waals surface area contributed by atoms with Gasteiger partial charge in [0.25, 0.3) is 5.91 Å². The van der Waals surface area contributed by atoms with Gasteiger partial charge in [0.05, 0.1) is 24.3 Å². The first-order valence-corrected chi connectivity index (χ1v) is 12.1. The lowest BCUT2D eigenvalue weighted by molar-refractivity contribution is -0.121. The number of benzene rings is 3. The van der Waals surface area contributed by atoms with Gasteiger partial charge in [-0.05, 0) is 55.3 Å². The molecule has 0 heterocycles. The van der Waals surface area contributed by atoms with Crippen LogP contribution in [0.2, 0.25) is 0 Å². The van der Waals surface area contributed by atoms with Crippen LogP contribution in [0.15, 0.2) is 82.8 Å². The van der Waals surface area contributed by atoms with Crippen LogP contribution in [0.25, 0.3) is 0 Å². The number of nitrogens with zero attached hydrogens (tertiary/aromatic N) is 2. The number of hydrogen-bond donors (Lipinski definition) is 2. The van der Waals surface area contributed by atoms with Crippen LogP contribution in [0.1, 0.15) is 23.6 Å². The monoisotopic (exact) mass is 481 g/mol. The van der Waals surface area contributed by atoms with Gasteiger partial charge < -0.3 is 9.84 Å². The van der Waals surface area contributed by atoms with E-state index in [1.54, 1.807) is 43.3 Å². The molecule has 0 bridgehead atoms.